The van der Waals surface area contributed by atoms with E-state index in [0.29, 0.717) is 5.56 Å². The highest BCUT2D eigenvalue weighted by atomic mass is 15.4. The third-order valence-electron chi connectivity index (χ3n) is 7.14. The van der Waals surface area contributed by atoms with Crippen LogP contribution in [0.5, 0.6) is 0 Å². The highest BCUT2D eigenvalue weighted by Gasteiger charge is 2.30. The molecule has 6 heteroatoms. The van der Waals surface area contributed by atoms with Crippen LogP contribution in [-0.2, 0) is 6.54 Å². The fraction of sp³-hybridized carbons (Fsp3) is 0.464. The molecule has 1 saturated heterocycles. The zero-order chi connectivity index (χ0) is 24.1. The number of unbranched alkanes of at least 4 members (excludes halogenated alkanes) is 2. The molecule has 6 nitrogen and oxygen atoms in total. The van der Waals surface area contributed by atoms with Gasteiger partial charge >= 0.3 is 0 Å². The summed E-state index contributed by atoms with van der Waals surface area (Å²) in [5.41, 5.74) is 5.74. The second-order valence-corrected chi connectivity index (χ2v) is 9.48. The lowest BCUT2D eigenvalue weighted by molar-refractivity contribution is 0.256. The minimum absolute atomic E-state index is 0.151. The maximum Gasteiger partial charge on any atom is 0.108 e. The van der Waals surface area contributed by atoms with Crippen molar-refractivity contribution in [3.05, 3.63) is 66.0 Å². The van der Waals surface area contributed by atoms with Crippen molar-refractivity contribution in [3.8, 4) is 12.1 Å². The summed E-state index contributed by atoms with van der Waals surface area (Å²) in [6.07, 6.45) is 6.44. The molecule has 0 saturated carbocycles. The van der Waals surface area contributed by atoms with Crippen molar-refractivity contribution in [3.63, 3.8) is 0 Å². The number of fused-ring (bicyclic) bond motifs is 1. The minimum Gasteiger partial charge on any atom is -0.370 e. The summed E-state index contributed by atoms with van der Waals surface area (Å²) in [5, 5.41) is 23.3. The number of hydrogen-bond acceptors (Lipinski definition) is 5. The molecule has 176 valence electrons. The van der Waals surface area contributed by atoms with E-state index >= 15 is 0 Å². The Morgan fingerprint density at radius 3 is 2.53 bits per heavy atom. The first-order chi connectivity index (χ1) is 16.5. The molecule has 2 aliphatic heterocycles. The molecule has 0 spiro atoms. The first kappa shape index (κ1) is 23.6. The smallest absolute Gasteiger partial charge is 0.108 e. The first-order valence-electron chi connectivity index (χ1n) is 12.4. The van der Waals surface area contributed by atoms with E-state index in [1.54, 1.807) is 0 Å². The summed E-state index contributed by atoms with van der Waals surface area (Å²) >= 11 is 0. The van der Waals surface area contributed by atoms with Gasteiger partial charge in [0.15, 0.2) is 0 Å². The van der Waals surface area contributed by atoms with Gasteiger partial charge in [-0.25, -0.2) is 0 Å². The van der Waals surface area contributed by atoms with Gasteiger partial charge in [0.25, 0.3) is 0 Å². The van der Waals surface area contributed by atoms with Crippen LogP contribution >= 0.6 is 0 Å². The van der Waals surface area contributed by atoms with E-state index in [1.807, 2.05) is 24.3 Å². The normalized spacial score (nSPS) is 18.3. The number of aromatic nitrogens is 2. The standard InChI is InChI=1S/C28H34N6/c1-4-5-6-7-26-20-33(19-25-10-8-23(17-29)9-11-25)22(3)28-16-27(31-34(26)28)21(2)32-14-12-24(18-30)13-15-32/h8-11,16,24,26H,2-7,12-15,19-20H2,1H3. The number of piperidine rings is 1. The van der Waals surface area contributed by atoms with Gasteiger partial charge in [-0.2, -0.15) is 15.6 Å². The summed E-state index contributed by atoms with van der Waals surface area (Å²) in [7, 11) is 0. The fourth-order valence-corrected chi connectivity index (χ4v) is 4.98. The van der Waals surface area contributed by atoms with Crippen LogP contribution in [0.15, 0.2) is 43.5 Å². The average Bonchev–Trinajstić information content (AvgIpc) is 3.33. The Hall–Kier alpha value is -3.51. The second kappa shape index (κ2) is 10.6. The van der Waals surface area contributed by atoms with Crippen LogP contribution < -0.4 is 0 Å². The molecular formula is C28H34N6. The van der Waals surface area contributed by atoms with E-state index in [0.717, 1.165) is 68.2 Å². The summed E-state index contributed by atoms with van der Waals surface area (Å²) in [4.78, 5) is 4.62. The van der Waals surface area contributed by atoms with Gasteiger partial charge in [-0.05, 0) is 43.0 Å². The molecule has 3 heterocycles. The van der Waals surface area contributed by atoms with E-state index in [4.69, 9.17) is 10.4 Å². The quantitative estimate of drug-likeness (QED) is 0.488. The summed E-state index contributed by atoms with van der Waals surface area (Å²) in [6, 6.07) is 14.8. The maximum absolute atomic E-state index is 9.21. The van der Waals surface area contributed by atoms with Gasteiger partial charge in [0.05, 0.1) is 40.8 Å². The lowest BCUT2D eigenvalue weighted by Crippen LogP contribution is -2.36. The van der Waals surface area contributed by atoms with Gasteiger partial charge in [-0.3, -0.25) is 4.68 Å². The van der Waals surface area contributed by atoms with E-state index in [-0.39, 0.29) is 12.0 Å². The van der Waals surface area contributed by atoms with Gasteiger partial charge < -0.3 is 9.80 Å². The van der Waals surface area contributed by atoms with Gasteiger partial charge in [0.1, 0.15) is 5.69 Å². The topological polar surface area (TPSA) is 71.9 Å². The van der Waals surface area contributed by atoms with E-state index in [2.05, 4.69) is 52.8 Å². The van der Waals surface area contributed by atoms with Crippen molar-refractivity contribution in [2.45, 2.75) is 58.0 Å². The van der Waals surface area contributed by atoms with Gasteiger partial charge in [-0.1, -0.05) is 51.5 Å². The van der Waals surface area contributed by atoms with Crippen LogP contribution in [0.1, 0.15) is 74.0 Å². The second-order valence-electron chi connectivity index (χ2n) is 9.48. The third-order valence-corrected chi connectivity index (χ3v) is 7.14. The van der Waals surface area contributed by atoms with Crippen molar-refractivity contribution in [2.75, 3.05) is 19.6 Å². The fourth-order valence-electron chi connectivity index (χ4n) is 4.98. The number of hydrogen-bond donors (Lipinski definition) is 0. The molecule has 2 aliphatic rings. The number of nitrogens with zero attached hydrogens (tertiary/aromatic N) is 6. The number of nitriles is 2. The Morgan fingerprint density at radius 2 is 1.88 bits per heavy atom. The molecule has 34 heavy (non-hydrogen) atoms. The summed E-state index contributed by atoms with van der Waals surface area (Å²) in [6.45, 7) is 14.4. The lowest BCUT2D eigenvalue weighted by Gasteiger charge is -2.37. The van der Waals surface area contributed by atoms with Gasteiger partial charge in [0, 0.05) is 32.1 Å². The van der Waals surface area contributed by atoms with Crippen molar-refractivity contribution >= 4 is 11.4 Å². The maximum atomic E-state index is 9.21. The Balaban J connectivity index is 1.56. The largest absolute Gasteiger partial charge is 0.370 e. The first-order valence-corrected chi connectivity index (χ1v) is 12.4. The van der Waals surface area contributed by atoms with E-state index < -0.39 is 0 Å². The predicted octanol–water partition coefficient (Wildman–Crippen LogP) is 5.57. The molecule has 1 aromatic heterocycles. The molecule has 2 aromatic rings. The predicted molar refractivity (Wildman–Crippen MR) is 135 cm³/mol. The molecule has 0 amide bonds. The Kier molecular flexibility index (Phi) is 7.38. The minimum atomic E-state index is 0.151. The van der Waals surface area contributed by atoms with Crippen molar-refractivity contribution < 1.29 is 0 Å². The van der Waals surface area contributed by atoms with Crippen LogP contribution in [0, 0.1) is 28.6 Å². The zero-order valence-corrected chi connectivity index (χ0v) is 20.2. The molecule has 1 fully saturated rings. The molecule has 1 aromatic carbocycles. The Labute approximate surface area is 203 Å². The van der Waals surface area contributed by atoms with Crippen LogP contribution in [-0.4, -0.2) is 39.2 Å². The molecule has 0 aliphatic carbocycles. The van der Waals surface area contributed by atoms with Crippen LogP contribution in [0.3, 0.4) is 0 Å². The summed E-state index contributed by atoms with van der Waals surface area (Å²) in [5.74, 6) is 0.151. The molecule has 1 atom stereocenters. The van der Waals surface area contributed by atoms with Crippen molar-refractivity contribution in [1.29, 1.82) is 10.5 Å². The lowest BCUT2D eigenvalue weighted by atomic mass is 9.98. The SMILES string of the molecule is C=C(c1cc2n(n1)C(CCCCC)CN(Cc1ccc(C#N)cc1)C2=C)N1CCC(C#N)CC1. The van der Waals surface area contributed by atoms with E-state index in [1.165, 1.54) is 24.8 Å². The van der Waals surface area contributed by atoms with Crippen LogP contribution in [0.2, 0.25) is 0 Å². The molecule has 0 N–H and O–H groups in total. The molecule has 4 rings (SSSR count). The zero-order valence-electron chi connectivity index (χ0n) is 20.2. The van der Waals surface area contributed by atoms with Crippen LogP contribution in [0.4, 0.5) is 0 Å². The average molecular weight is 455 g/mol. The van der Waals surface area contributed by atoms with Gasteiger partial charge in [0.2, 0.25) is 0 Å². The third kappa shape index (κ3) is 5.02. The Morgan fingerprint density at radius 1 is 1.15 bits per heavy atom. The highest BCUT2D eigenvalue weighted by molar-refractivity contribution is 5.67. The molecule has 0 bridgehead atoms. The monoisotopic (exact) mass is 454 g/mol. The summed E-state index contributed by atoms with van der Waals surface area (Å²) < 4.78 is 2.18. The molecule has 1 unspecified atom stereocenters. The van der Waals surface area contributed by atoms with E-state index in [9.17, 15) is 5.26 Å². The van der Waals surface area contributed by atoms with Crippen molar-refractivity contribution in [2.24, 2.45) is 5.92 Å². The van der Waals surface area contributed by atoms with Crippen molar-refractivity contribution in [1.82, 2.24) is 19.6 Å². The number of likely N-dealkylation sites (tertiary alicyclic amines) is 1. The highest BCUT2D eigenvalue weighted by Crippen LogP contribution is 2.35. The Bertz CT molecular complexity index is 1110. The van der Waals surface area contributed by atoms with Crippen LogP contribution in [0.25, 0.3) is 11.4 Å². The number of benzene rings is 1. The van der Waals surface area contributed by atoms with Gasteiger partial charge in [-0.15, -0.1) is 0 Å². The number of rotatable bonds is 8. The molecular weight excluding hydrogens is 420 g/mol. The molecule has 0 radical (unpaired) electrons.